The van der Waals surface area contributed by atoms with Crippen LogP contribution in [0.3, 0.4) is 0 Å². The molecule has 21 heavy (non-hydrogen) atoms. The quantitative estimate of drug-likeness (QED) is 0.878. The number of carboxylic acids is 1. The number of aromatic nitrogens is 1. The summed E-state index contributed by atoms with van der Waals surface area (Å²) in [6, 6.07) is 11.7. The molecule has 1 heterocycles. The van der Waals surface area contributed by atoms with Crippen molar-refractivity contribution < 1.29 is 19.4 Å². The molecule has 1 amide bonds. The van der Waals surface area contributed by atoms with E-state index in [-0.39, 0.29) is 18.1 Å². The van der Waals surface area contributed by atoms with Gasteiger partial charge in [0.25, 0.3) is 5.91 Å². The monoisotopic (exact) mass is 286 g/mol. The van der Waals surface area contributed by atoms with Gasteiger partial charge in [-0.2, -0.15) is 0 Å². The van der Waals surface area contributed by atoms with Crippen molar-refractivity contribution in [1.82, 2.24) is 4.98 Å². The zero-order valence-electron chi connectivity index (χ0n) is 11.4. The normalized spacial score (nSPS) is 9.95. The number of rotatable bonds is 5. The Bertz CT molecular complexity index is 670. The Kier molecular flexibility index (Phi) is 4.50. The first-order valence-electron chi connectivity index (χ1n) is 6.25. The molecule has 2 N–H and O–H groups in total. The van der Waals surface area contributed by atoms with Crippen molar-refractivity contribution in [3.63, 3.8) is 0 Å². The molecule has 2 aromatic rings. The topological polar surface area (TPSA) is 88.5 Å². The third-order valence-corrected chi connectivity index (χ3v) is 2.69. The molecule has 0 radical (unpaired) electrons. The summed E-state index contributed by atoms with van der Waals surface area (Å²) in [7, 11) is 0. The fourth-order valence-electron chi connectivity index (χ4n) is 1.66. The second-order valence-electron chi connectivity index (χ2n) is 4.32. The number of para-hydroxylation sites is 1. The number of anilines is 1. The maximum atomic E-state index is 11.8. The van der Waals surface area contributed by atoms with Gasteiger partial charge in [-0.1, -0.05) is 24.3 Å². The van der Waals surface area contributed by atoms with E-state index in [4.69, 9.17) is 9.84 Å². The number of hydrogen-bond donors (Lipinski definition) is 2. The third kappa shape index (κ3) is 4.04. The Labute approximate surface area is 121 Å². The average Bonchev–Trinajstić information content (AvgIpc) is 2.46. The molecule has 108 valence electrons. The van der Waals surface area contributed by atoms with Crippen LogP contribution in [0.1, 0.15) is 16.1 Å². The van der Waals surface area contributed by atoms with Crippen LogP contribution in [0.2, 0.25) is 0 Å². The zero-order valence-corrected chi connectivity index (χ0v) is 11.4. The highest BCUT2D eigenvalue weighted by atomic mass is 16.5. The fraction of sp³-hybridized carbons (Fsp3) is 0.133. The number of ether oxygens (including phenoxy) is 1. The van der Waals surface area contributed by atoms with E-state index < -0.39 is 11.9 Å². The minimum atomic E-state index is -1.15. The van der Waals surface area contributed by atoms with Crippen molar-refractivity contribution in [2.75, 3.05) is 11.9 Å². The van der Waals surface area contributed by atoms with Gasteiger partial charge < -0.3 is 15.2 Å². The molecule has 0 aliphatic carbocycles. The number of carboxylic acid groups (broad SMARTS) is 1. The van der Waals surface area contributed by atoms with Crippen LogP contribution in [-0.4, -0.2) is 28.6 Å². The van der Waals surface area contributed by atoms with E-state index in [9.17, 15) is 9.59 Å². The summed E-state index contributed by atoms with van der Waals surface area (Å²) in [5, 5.41) is 11.3. The van der Waals surface area contributed by atoms with Crippen LogP contribution in [-0.2, 0) is 4.79 Å². The van der Waals surface area contributed by atoms with Crippen molar-refractivity contribution in [2.24, 2.45) is 0 Å². The van der Waals surface area contributed by atoms with E-state index in [1.54, 1.807) is 6.07 Å². The van der Waals surface area contributed by atoms with Gasteiger partial charge in [-0.3, -0.25) is 4.79 Å². The summed E-state index contributed by atoms with van der Waals surface area (Å²) in [4.78, 5) is 26.3. The van der Waals surface area contributed by atoms with Gasteiger partial charge in [0.05, 0.1) is 0 Å². The van der Waals surface area contributed by atoms with Crippen LogP contribution in [0, 0.1) is 6.92 Å². The predicted octanol–water partition coefficient (Wildman–Crippen LogP) is 2.11. The SMILES string of the molecule is Cc1ccccc1OCC(=O)Nc1cccc(C(=O)O)n1. The second-order valence-corrected chi connectivity index (χ2v) is 4.32. The van der Waals surface area contributed by atoms with Crippen LogP contribution in [0.25, 0.3) is 0 Å². The highest BCUT2D eigenvalue weighted by molar-refractivity contribution is 5.92. The number of aromatic carboxylic acids is 1. The molecule has 0 aliphatic rings. The van der Waals surface area contributed by atoms with E-state index in [2.05, 4.69) is 10.3 Å². The summed E-state index contributed by atoms with van der Waals surface area (Å²) in [6.07, 6.45) is 0. The molecule has 2 rings (SSSR count). The molecule has 6 heteroatoms. The van der Waals surface area contributed by atoms with Crippen molar-refractivity contribution in [3.8, 4) is 5.75 Å². The summed E-state index contributed by atoms with van der Waals surface area (Å²) >= 11 is 0. The highest BCUT2D eigenvalue weighted by Crippen LogP contribution is 2.16. The van der Waals surface area contributed by atoms with Gasteiger partial charge in [-0.05, 0) is 30.7 Å². The smallest absolute Gasteiger partial charge is 0.354 e. The lowest BCUT2D eigenvalue weighted by molar-refractivity contribution is -0.118. The Morgan fingerprint density at radius 1 is 1.19 bits per heavy atom. The molecular formula is C15H14N2O4. The Hall–Kier alpha value is -2.89. The fourth-order valence-corrected chi connectivity index (χ4v) is 1.66. The Balaban J connectivity index is 1.95. The predicted molar refractivity (Wildman–Crippen MR) is 76.5 cm³/mol. The summed E-state index contributed by atoms with van der Waals surface area (Å²) < 4.78 is 5.39. The number of amides is 1. The summed E-state index contributed by atoms with van der Waals surface area (Å²) in [5.41, 5.74) is 0.795. The highest BCUT2D eigenvalue weighted by Gasteiger charge is 2.09. The molecule has 1 aromatic carbocycles. The van der Waals surface area contributed by atoms with Crippen LogP contribution in [0.5, 0.6) is 5.75 Å². The number of hydrogen-bond acceptors (Lipinski definition) is 4. The number of pyridine rings is 1. The van der Waals surface area contributed by atoms with Gasteiger partial charge in [0.2, 0.25) is 0 Å². The molecule has 0 aliphatic heterocycles. The summed E-state index contributed by atoms with van der Waals surface area (Å²) in [6.45, 7) is 1.70. The lowest BCUT2D eigenvalue weighted by Gasteiger charge is -2.09. The van der Waals surface area contributed by atoms with Gasteiger partial charge >= 0.3 is 5.97 Å². The molecular weight excluding hydrogens is 272 g/mol. The first kappa shape index (κ1) is 14.5. The Morgan fingerprint density at radius 3 is 2.67 bits per heavy atom. The maximum Gasteiger partial charge on any atom is 0.354 e. The van der Waals surface area contributed by atoms with E-state index in [0.29, 0.717) is 5.75 Å². The van der Waals surface area contributed by atoms with Crippen molar-refractivity contribution in [1.29, 1.82) is 0 Å². The summed E-state index contributed by atoms with van der Waals surface area (Å²) in [5.74, 6) is -0.760. The number of aryl methyl sites for hydroxylation is 1. The molecule has 6 nitrogen and oxygen atoms in total. The van der Waals surface area contributed by atoms with Gasteiger partial charge in [0, 0.05) is 0 Å². The van der Waals surface area contributed by atoms with Crippen molar-refractivity contribution in [2.45, 2.75) is 6.92 Å². The van der Waals surface area contributed by atoms with Crippen molar-refractivity contribution in [3.05, 3.63) is 53.7 Å². The van der Waals surface area contributed by atoms with Gasteiger partial charge in [-0.25, -0.2) is 9.78 Å². The van der Waals surface area contributed by atoms with E-state index in [1.807, 2.05) is 25.1 Å². The zero-order chi connectivity index (χ0) is 15.2. The molecule has 0 fully saturated rings. The van der Waals surface area contributed by atoms with Crippen LogP contribution in [0.4, 0.5) is 5.82 Å². The van der Waals surface area contributed by atoms with E-state index in [0.717, 1.165) is 5.56 Å². The number of carbonyl (C=O) groups excluding carboxylic acids is 1. The minimum absolute atomic E-state index is 0.132. The van der Waals surface area contributed by atoms with E-state index >= 15 is 0 Å². The van der Waals surface area contributed by atoms with Gasteiger partial charge in [0.1, 0.15) is 11.6 Å². The average molecular weight is 286 g/mol. The first-order valence-corrected chi connectivity index (χ1v) is 6.25. The second kappa shape index (κ2) is 6.51. The third-order valence-electron chi connectivity index (χ3n) is 2.69. The van der Waals surface area contributed by atoms with Crippen molar-refractivity contribution >= 4 is 17.7 Å². The van der Waals surface area contributed by atoms with Crippen LogP contribution in [0.15, 0.2) is 42.5 Å². The van der Waals surface area contributed by atoms with E-state index in [1.165, 1.54) is 18.2 Å². The van der Waals surface area contributed by atoms with Gasteiger partial charge in [-0.15, -0.1) is 0 Å². The number of nitrogens with zero attached hydrogens (tertiary/aromatic N) is 1. The molecule has 0 saturated heterocycles. The lowest BCUT2D eigenvalue weighted by Crippen LogP contribution is -2.21. The molecule has 0 bridgehead atoms. The minimum Gasteiger partial charge on any atom is -0.483 e. The maximum absolute atomic E-state index is 11.8. The number of benzene rings is 1. The Morgan fingerprint density at radius 2 is 1.95 bits per heavy atom. The molecule has 0 unspecified atom stereocenters. The number of nitrogens with one attached hydrogen (secondary N) is 1. The van der Waals surface area contributed by atoms with Gasteiger partial charge in [0.15, 0.2) is 12.3 Å². The molecule has 0 saturated carbocycles. The lowest BCUT2D eigenvalue weighted by atomic mass is 10.2. The molecule has 1 aromatic heterocycles. The molecule has 0 atom stereocenters. The largest absolute Gasteiger partial charge is 0.483 e. The van der Waals surface area contributed by atoms with Crippen LogP contribution < -0.4 is 10.1 Å². The number of carbonyl (C=O) groups is 2. The standard InChI is InChI=1S/C15H14N2O4/c1-10-5-2-3-7-12(10)21-9-14(18)17-13-8-4-6-11(16-13)15(19)20/h2-8H,9H2,1H3,(H,19,20)(H,16,17,18). The molecule has 0 spiro atoms. The first-order chi connectivity index (χ1) is 10.1. The van der Waals surface area contributed by atoms with Crippen LogP contribution >= 0.6 is 0 Å².